The molecule has 4 aromatic rings. The van der Waals surface area contributed by atoms with E-state index in [1.807, 2.05) is 36.5 Å². The Kier molecular flexibility index (Phi) is 5.88. The Morgan fingerprint density at radius 3 is 2.79 bits per heavy atom. The maximum atomic E-state index is 12.1. The number of aromatic amines is 1. The summed E-state index contributed by atoms with van der Waals surface area (Å²) in [4.78, 5) is 15.3. The second kappa shape index (κ2) is 8.89. The van der Waals surface area contributed by atoms with Crippen LogP contribution in [-0.2, 0) is 11.2 Å². The Balaban J connectivity index is 1.29. The fourth-order valence-electron chi connectivity index (χ4n) is 2.91. The first-order valence-electron chi connectivity index (χ1n) is 9.05. The normalized spacial score (nSPS) is 11.2. The lowest BCUT2D eigenvalue weighted by molar-refractivity contribution is -0.111. The molecule has 2 aromatic heterocycles. The largest absolute Gasteiger partial charge is 0.361 e. The summed E-state index contributed by atoms with van der Waals surface area (Å²) in [5.74, 6) is -0.286. The van der Waals surface area contributed by atoms with Crippen LogP contribution < -0.4 is 10.6 Å². The smallest absolute Gasteiger partial charge is 0.250 e. The van der Waals surface area contributed by atoms with Crippen molar-refractivity contribution in [2.75, 3.05) is 17.2 Å². The number of halogens is 1. The van der Waals surface area contributed by atoms with Crippen molar-refractivity contribution >= 4 is 56.1 Å². The molecule has 2 aromatic carbocycles. The molecular weight excluding hydrogens is 406 g/mol. The van der Waals surface area contributed by atoms with Gasteiger partial charge in [-0.3, -0.25) is 10.1 Å². The van der Waals surface area contributed by atoms with Gasteiger partial charge in [0.15, 0.2) is 0 Å². The number of hydrogen-bond acceptors (Lipinski definition) is 5. The lowest BCUT2D eigenvalue weighted by Gasteiger charge is -2.01. The summed E-state index contributed by atoms with van der Waals surface area (Å²) in [7, 11) is 0. The van der Waals surface area contributed by atoms with Crippen molar-refractivity contribution in [3.63, 3.8) is 0 Å². The Morgan fingerprint density at radius 2 is 1.90 bits per heavy atom. The minimum atomic E-state index is -0.286. The number of aromatic nitrogens is 3. The number of H-pyrrole nitrogens is 1. The highest BCUT2D eigenvalue weighted by atomic mass is 35.5. The molecule has 8 heteroatoms. The van der Waals surface area contributed by atoms with E-state index in [0.717, 1.165) is 24.0 Å². The van der Waals surface area contributed by atoms with Crippen LogP contribution in [0.2, 0.25) is 5.02 Å². The van der Waals surface area contributed by atoms with Gasteiger partial charge in [0.25, 0.3) is 0 Å². The van der Waals surface area contributed by atoms with E-state index in [4.69, 9.17) is 11.6 Å². The van der Waals surface area contributed by atoms with E-state index in [-0.39, 0.29) is 5.91 Å². The van der Waals surface area contributed by atoms with Gasteiger partial charge in [-0.25, -0.2) is 0 Å². The first kappa shape index (κ1) is 19.2. The zero-order chi connectivity index (χ0) is 20.1. The number of amides is 1. The van der Waals surface area contributed by atoms with Gasteiger partial charge in [-0.15, -0.1) is 10.2 Å². The number of para-hydroxylation sites is 1. The summed E-state index contributed by atoms with van der Waals surface area (Å²) in [6, 6.07) is 15.5. The van der Waals surface area contributed by atoms with Gasteiger partial charge < -0.3 is 10.3 Å². The fourth-order valence-corrected chi connectivity index (χ4v) is 3.78. The van der Waals surface area contributed by atoms with Crippen molar-refractivity contribution in [2.24, 2.45) is 0 Å². The van der Waals surface area contributed by atoms with Crippen LogP contribution in [0, 0.1) is 0 Å². The molecule has 0 saturated carbocycles. The number of nitrogens with zero attached hydrogens (tertiary/aromatic N) is 2. The molecule has 0 saturated heterocycles. The summed E-state index contributed by atoms with van der Waals surface area (Å²) in [5, 5.41) is 17.0. The van der Waals surface area contributed by atoms with E-state index >= 15 is 0 Å². The zero-order valence-corrected chi connectivity index (χ0v) is 16.9. The molecule has 1 amide bonds. The van der Waals surface area contributed by atoms with Gasteiger partial charge in [-0.05, 0) is 35.8 Å². The van der Waals surface area contributed by atoms with Crippen LogP contribution in [0.4, 0.5) is 10.3 Å². The molecule has 0 atom stereocenters. The molecule has 0 radical (unpaired) electrons. The quantitative estimate of drug-likeness (QED) is 0.366. The molecule has 0 aliphatic rings. The van der Waals surface area contributed by atoms with Gasteiger partial charge in [0.2, 0.25) is 16.2 Å². The first-order chi connectivity index (χ1) is 14.2. The topological polar surface area (TPSA) is 82.7 Å². The zero-order valence-electron chi connectivity index (χ0n) is 15.4. The highest BCUT2D eigenvalue weighted by molar-refractivity contribution is 7.19. The van der Waals surface area contributed by atoms with Gasteiger partial charge in [0.1, 0.15) is 0 Å². The molecule has 0 spiro atoms. The summed E-state index contributed by atoms with van der Waals surface area (Å²) < 4.78 is 0. The molecule has 0 aliphatic heterocycles. The maximum Gasteiger partial charge on any atom is 0.250 e. The Hall–Kier alpha value is -3.16. The standard InChI is InChI=1S/C21H18ClN5OS/c22-17-7-3-1-5-14(17)9-10-19(28)25-21-27-26-20(29-21)23-12-11-15-13-24-18-8-4-2-6-16(15)18/h1-10,13,24H,11-12H2,(H,23,26)(H,25,27,28)/b10-9+. The van der Waals surface area contributed by atoms with Crippen molar-refractivity contribution in [1.29, 1.82) is 0 Å². The average Bonchev–Trinajstić information content (AvgIpc) is 3.35. The highest BCUT2D eigenvalue weighted by Gasteiger charge is 2.07. The van der Waals surface area contributed by atoms with E-state index in [0.29, 0.717) is 15.3 Å². The molecule has 0 fully saturated rings. The molecule has 146 valence electrons. The van der Waals surface area contributed by atoms with E-state index in [1.54, 1.807) is 12.1 Å². The third kappa shape index (κ3) is 4.82. The second-order valence-electron chi connectivity index (χ2n) is 6.29. The molecular formula is C21H18ClN5OS. The number of carbonyl (C=O) groups excluding carboxylic acids is 1. The predicted octanol–water partition coefficient (Wildman–Crippen LogP) is 4.98. The maximum absolute atomic E-state index is 12.1. The average molecular weight is 424 g/mol. The number of benzene rings is 2. The lowest BCUT2D eigenvalue weighted by Crippen LogP contribution is -2.07. The van der Waals surface area contributed by atoms with E-state index in [1.165, 1.54) is 28.4 Å². The van der Waals surface area contributed by atoms with Gasteiger partial charge in [-0.2, -0.15) is 0 Å². The monoisotopic (exact) mass is 423 g/mol. The molecule has 6 nitrogen and oxygen atoms in total. The number of fused-ring (bicyclic) bond motifs is 1. The third-order valence-electron chi connectivity index (χ3n) is 4.32. The number of carbonyl (C=O) groups is 1. The minimum Gasteiger partial charge on any atom is -0.361 e. The van der Waals surface area contributed by atoms with Crippen molar-refractivity contribution in [1.82, 2.24) is 15.2 Å². The van der Waals surface area contributed by atoms with E-state index in [9.17, 15) is 4.79 Å². The van der Waals surface area contributed by atoms with Crippen molar-refractivity contribution in [3.8, 4) is 0 Å². The van der Waals surface area contributed by atoms with Crippen molar-refractivity contribution in [3.05, 3.63) is 77.0 Å². The SMILES string of the molecule is O=C(/C=C/c1ccccc1Cl)Nc1nnc(NCCc2c[nH]c3ccccc23)s1. The minimum absolute atomic E-state index is 0.286. The Morgan fingerprint density at radius 1 is 1.10 bits per heavy atom. The van der Waals surface area contributed by atoms with Crippen LogP contribution >= 0.6 is 22.9 Å². The van der Waals surface area contributed by atoms with Crippen LogP contribution in [0.1, 0.15) is 11.1 Å². The summed E-state index contributed by atoms with van der Waals surface area (Å²) in [6.45, 7) is 0.719. The van der Waals surface area contributed by atoms with E-state index < -0.39 is 0 Å². The Labute approximate surface area is 176 Å². The van der Waals surface area contributed by atoms with Gasteiger partial charge >= 0.3 is 0 Å². The molecule has 0 aliphatic carbocycles. The van der Waals surface area contributed by atoms with Gasteiger partial charge in [0.05, 0.1) is 0 Å². The van der Waals surface area contributed by atoms with Crippen LogP contribution in [-0.4, -0.2) is 27.6 Å². The first-order valence-corrected chi connectivity index (χ1v) is 10.2. The number of hydrogen-bond donors (Lipinski definition) is 3. The summed E-state index contributed by atoms with van der Waals surface area (Å²) in [6.07, 6.45) is 5.97. The van der Waals surface area contributed by atoms with E-state index in [2.05, 4.69) is 37.9 Å². The van der Waals surface area contributed by atoms with Crippen LogP contribution in [0.25, 0.3) is 17.0 Å². The van der Waals surface area contributed by atoms with Crippen molar-refractivity contribution in [2.45, 2.75) is 6.42 Å². The highest BCUT2D eigenvalue weighted by Crippen LogP contribution is 2.22. The molecule has 2 heterocycles. The lowest BCUT2D eigenvalue weighted by atomic mass is 10.1. The van der Waals surface area contributed by atoms with Gasteiger partial charge in [0, 0.05) is 34.7 Å². The number of rotatable bonds is 7. The van der Waals surface area contributed by atoms with Crippen molar-refractivity contribution < 1.29 is 4.79 Å². The predicted molar refractivity (Wildman–Crippen MR) is 120 cm³/mol. The van der Waals surface area contributed by atoms with Crippen LogP contribution in [0.3, 0.4) is 0 Å². The molecule has 29 heavy (non-hydrogen) atoms. The number of nitrogens with one attached hydrogen (secondary N) is 3. The second-order valence-corrected chi connectivity index (χ2v) is 7.68. The molecule has 0 unspecified atom stereocenters. The molecule has 4 rings (SSSR count). The molecule has 0 bridgehead atoms. The fraction of sp³-hybridized carbons (Fsp3) is 0.0952. The van der Waals surface area contributed by atoms with Gasteiger partial charge in [-0.1, -0.05) is 59.3 Å². The molecule has 3 N–H and O–H groups in total. The Bertz CT molecular complexity index is 1170. The third-order valence-corrected chi connectivity index (χ3v) is 5.46. The number of anilines is 2. The van der Waals surface area contributed by atoms with Crippen LogP contribution in [0.15, 0.2) is 60.8 Å². The summed E-state index contributed by atoms with van der Waals surface area (Å²) >= 11 is 7.37. The van der Waals surface area contributed by atoms with Crippen LogP contribution in [0.5, 0.6) is 0 Å². The summed E-state index contributed by atoms with van der Waals surface area (Å²) in [5.41, 5.74) is 3.16.